The van der Waals surface area contributed by atoms with E-state index in [0.29, 0.717) is 43.4 Å². The molecule has 8 heteroatoms. The summed E-state index contributed by atoms with van der Waals surface area (Å²) in [4.78, 5) is 32.3. The van der Waals surface area contributed by atoms with Gasteiger partial charge in [-0.2, -0.15) is 0 Å². The molecule has 1 unspecified atom stereocenters. The lowest BCUT2D eigenvalue weighted by molar-refractivity contribution is -0.135. The first-order chi connectivity index (χ1) is 15.1. The van der Waals surface area contributed by atoms with Gasteiger partial charge < -0.3 is 24.3 Å². The number of nitrogens with zero attached hydrogens (tertiary/aromatic N) is 3. The molecule has 0 radical (unpaired) electrons. The molecule has 1 N–H and O–H groups in total. The molecule has 0 spiro atoms. The highest BCUT2D eigenvalue weighted by molar-refractivity contribution is 5.97. The van der Waals surface area contributed by atoms with Gasteiger partial charge in [-0.25, -0.2) is 4.98 Å². The predicted octanol–water partition coefficient (Wildman–Crippen LogP) is 2.39. The lowest BCUT2D eigenvalue weighted by atomic mass is 10.1. The fourth-order valence-corrected chi connectivity index (χ4v) is 3.81. The Morgan fingerprint density at radius 1 is 1.13 bits per heavy atom. The second-order valence-electron chi connectivity index (χ2n) is 7.43. The maximum Gasteiger partial charge on any atom is 0.255 e. The molecule has 8 nitrogen and oxygen atoms in total. The van der Waals surface area contributed by atoms with E-state index in [0.717, 1.165) is 11.0 Å². The average molecular weight is 422 g/mol. The number of imidazole rings is 1. The van der Waals surface area contributed by atoms with Crippen molar-refractivity contribution in [3.8, 4) is 5.75 Å². The number of fused-ring (bicyclic) bond motifs is 1. The summed E-state index contributed by atoms with van der Waals surface area (Å²) in [5.74, 6) is 0.883. The van der Waals surface area contributed by atoms with E-state index in [-0.39, 0.29) is 18.4 Å². The Hall–Kier alpha value is -3.39. The number of hydrogen-bond acceptors (Lipinski definition) is 5. The summed E-state index contributed by atoms with van der Waals surface area (Å²) in [5.41, 5.74) is 2.09. The van der Waals surface area contributed by atoms with Crippen molar-refractivity contribution in [3.05, 3.63) is 59.9 Å². The quantitative estimate of drug-likeness (QED) is 0.659. The molecule has 0 bridgehead atoms. The zero-order valence-electron chi connectivity index (χ0n) is 17.7. The SMILES string of the molecule is COc1ccccc1C(=O)NC(C)c1nc2ccccc2n1CC(=O)N1CCOCC1. The van der Waals surface area contributed by atoms with Crippen LogP contribution in [0.4, 0.5) is 0 Å². The number of morpholine rings is 1. The van der Waals surface area contributed by atoms with Gasteiger partial charge in [-0.15, -0.1) is 0 Å². The first-order valence-electron chi connectivity index (χ1n) is 10.3. The Labute approximate surface area is 180 Å². The van der Waals surface area contributed by atoms with Gasteiger partial charge in [0.05, 0.1) is 43.0 Å². The maximum atomic E-state index is 12.9. The molecule has 31 heavy (non-hydrogen) atoms. The summed E-state index contributed by atoms with van der Waals surface area (Å²) in [7, 11) is 1.53. The number of ether oxygens (including phenoxy) is 2. The molecular formula is C23H26N4O4. The van der Waals surface area contributed by atoms with Gasteiger partial charge >= 0.3 is 0 Å². The first kappa shape index (κ1) is 20.9. The third kappa shape index (κ3) is 4.39. The number of hydrogen-bond donors (Lipinski definition) is 1. The standard InChI is InChI=1S/C23H26N4O4/c1-16(24-23(29)17-7-3-6-10-20(17)30-2)22-25-18-8-4-5-9-19(18)27(22)15-21(28)26-11-13-31-14-12-26/h3-10,16H,11-15H2,1-2H3,(H,24,29). The van der Waals surface area contributed by atoms with Gasteiger partial charge in [0.2, 0.25) is 5.91 Å². The van der Waals surface area contributed by atoms with Crippen molar-refractivity contribution >= 4 is 22.8 Å². The average Bonchev–Trinajstić information content (AvgIpc) is 3.18. The second-order valence-corrected chi connectivity index (χ2v) is 7.43. The van der Waals surface area contributed by atoms with E-state index < -0.39 is 6.04 Å². The molecular weight excluding hydrogens is 396 g/mol. The van der Waals surface area contributed by atoms with E-state index in [9.17, 15) is 9.59 Å². The van der Waals surface area contributed by atoms with E-state index >= 15 is 0 Å². The highest BCUT2D eigenvalue weighted by atomic mass is 16.5. The minimum absolute atomic E-state index is 0.0101. The number of carbonyl (C=O) groups excluding carboxylic acids is 2. The van der Waals surface area contributed by atoms with Crippen LogP contribution >= 0.6 is 0 Å². The van der Waals surface area contributed by atoms with Crippen molar-refractivity contribution in [2.75, 3.05) is 33.4 Å². The second kappa shape index (κ2) is 9.18. The zero-order valence-corrected chi connectivity index (χ0v) is 17.7. The molecule has 3 aromatic rings. The predicted molar refractivity (Wildman–Crippen MR) is 116 cm³/mol. The molecule has 2 amide bonds. The molecule has 1 atom stereocenters. The van der Waals surface area contributed by atoms with E-state index in [1.807, 2.05) is 41.8 Å². The minimum Gasteiger partial charge on any atom is -0.496 e. The Morgan fingerprint density at radius 3 is 2.61 bits per heavy atom. The van der Waals surface area contributed by atoms with Gasteiger partial charge in [-0.3, -0.25) is 9.59 Å². The number of aromatic nitrogens is 2. The van der Waals surface area contributed by atoms with Gasteiger partial charge in [0.1, 0.15) is 18.1 Å². The van der Waals surface area contributed by atoms with Crippen LogP contribution in [0.5, 0.6) is 5.75 Å². The summed E-state index contributed by atoms with van der Waals surface area (Å²) in [6.45, 7) is 4.29. The molecule has 1 saturated heterocycles. The summed E-state index contributed by atoms with van der Waals surface area (Å²) in [6.07, 6.45) is 0. The molecule has 4 rings (SSSR count). The lowest BCUT2D eigenvalue weighted by Crippen LogP contribution is -2.42. The van der Waals surface area contributed by atoms with Crippen LogP contribution in [0.15, 0.2) is 48.5 Å². The van der Waals surface area contributed by atoms with Crippen LogP contribution in [-0.4, -0.2) is 59.7 Å². The molecule has 1 aromatic heterocycles. The van der Waals surface area contributed by atoms with Crippen molar-refractivity contribution in [1.29, 1.82) is 0 Å². The number of nitrogens with one attached hydrogen (secondary N) is 1. The van der Waals surface area contributed by atoms with Gasteiger partial charge in [0, 0.05) is 13.1 Å². The van der Waals surface area contributed by atoms with Crippen molar-refractivity contribution in [1.82, 2.24) is 19.8 Å². The number of carbonyl (C=O) groups is 2. The summed E-state index contributed by atoms with van der Waals surface area (Å²) in [5, 5.41) is 2.99. The Balaban J connectivity index is 1.61. The summed E-state index contributed by atoms with van der Waals surface area (Å²) >= 11 is 0. The van der Waals surface area contributed by atoms with Gasteiger partial charge in [0.15, 0.2) is 0 Å². The van der Waals surface area contributed by atoms with Gasteiger partial charge in [-0.05, 0) is 31.2 Å². The number of para-hydroxylation sites is 3. The number of rotatable bonds is 6. The number of benzene rings is 2. The third-order valence-electron chi connectivity index (χ3n) is 5.43. The molecule has 2 heterocycles. The zero-order chi connectivity index (χ0) is 21.8. The monoisotopic (exact) mass is 422 g/mol. The van der Waals surface area contributed by atoms with Gasteiger partial charge in [0.25, 0.3) is 5.91 Å². The minimum atomic E-state index is -0.415. The fourth-order valence-electron chi connectivity index (χ4n) is 3.81. The molecule has 2 aromatic carbocycles. The maximum absolute atomic E-state index is 12.9. The van der Waals surface area contributed by atoms with E-state index in [2.05, 4.69) is 5.32 Å². The molecule has 0 aliphatic carbocycles. The van der Waals surface area contributed by atoms with Crippen LogP contribution in [-0.2, 0) is 16.1 Å². The molecule has 0 saturated carbocycles. The van der Waals surface area contributed by atoms with Crippen molar-refractivity contribution in [2.24, 2.45) is 0 Å². The van der Waals surface area contributed by atoms with E-state index in [1.54, 1.807) is 23.1 Å². The molecule has 1 aliphatic rings. The summed E-state index contributed by atoms with van der Waals surface area (Å²) in [6, 6.07) is 14.3. The van der Waals surface area contributed by atoms with E-state index in [4.69, 9.17) is 14.5 Å². The molecule has 1 fully saturated rings. The molecule has 162 valence electrons. The van der Waals surface area contributed by atoms with Crippen LogP contribution in [0.25, 0.3) is 11.0 Å². The Bertz CT molecular complexity index is 1090. The number of amides is 2. The number of methoxy groups -OCH3 is 1. The van der Waals surface area contributed by atoms with Gasteiger partial charge in [-0.1, -0.05) is 24.3 Å². The summed E-state index contributed by atoms with van der Waals surface area (Å²) < 4.78 is 12.5. The van der Waals surface area contributed by atoms with E-state index in [1.165, 1.54) is 7.11 Å². The normalized spacial score (nSPS) is 15.0. The highest BCUT2D eigenvalue weighted by Crippen LogP contribution is 2.23. The van der Waals surface area contributed by atoms with Crippen LogP contribution < -0.4 is 10.1 Å². The third-order valence-corrected chi connectivity index (χ3v) is 5.43. The van der Waals surface area contributed by atoms with Crippen molar-refractivity contribution < 1.29 is 19.1 Å². The van der Waals surface area contributed by atoms with Crippen LogP contribution in [0.1, 0.15) is 29.1 Å². The lowest BCUT2D eigenvalue weighted by Gasteiger charge is -2.27. The first-order valence-corrected chi connectivity index (χ1v) is 10.3. The van der Waals surface area contributed by atoms with Crippen LogP contribution in [0, 0.1) is 0 Å². The topological polar surface area (TPSA) is 85.7 Å². The Kier molecular flexibility index (Phi) is 6.18. The molecule has 1 aliphatic heterocycles. The van der Waals surface area contributed by atoms with Crippen LogP contribution in [0.2, 0.25) is 0 Å². The van der Waals surface area contributed by atoms with Crippen LogP contribution in [0.3, 0.4) is 0 Å². The largest absolute Gasteiger partial charge is 0.496 e. The van der Waals surface area contributed by atoms with Crippen molar-refractivity contribution in [2.45, 2.75) is 19.5 Å². The Morgan fingerprint density at radius 2 is 1.84 bits per heavy atom. The van der Waals surface area contributed by atoms with Crippen molar-refractivity contribution in [3.63, 3.8) is 0 Å². The smallest absolute Gasteiger partial charge is 0.255 e. The fraction of sp³-hybridized carbons (Fsp3) is 0.348. The highest BCUT2D eigenvalue weighted by Gasteiger charge is 2.24.